The molecule has 5 heteroatoms. The van der Waals surface area contributed by atoms with E-state index in [4.69, 9.17) is 5.73 Å². The van der Waals surface area contributed by atoms with E-state index < -0.39 is 0 Å². The molecule has 17 heavy (non-hydrogen) atoms. The van der Waals surface area contributed by atoms with Gasteiger partial charge in [0.1, 0.15) is 16.5 Å². The summed E-state index contributed by atoms with van der Waals surface area (Å²) in [6.07, 6.45) is 1.89. The zero-order valence-corrected chi connectivity index (χ0v) is 11.7. The lowest BCUT2D eigenvalue weighted by molar-refractivity contribution is 0.630. The predicted molar refractivity (Wildman–Crippen MR) is 73.6 cm³/mol. The van der Waals surface area contributed by atoms with Crippen molar-refractivity contribution in [2.45, 2.75) is 19.8 Å². The maximum absolute atomic E-state index is 13.7. The molecule has 90 valence electrons. The first-order valence-corrected chi connectivity index (χ1v) is 6.93. The summed E-state index contributed by atoms with van der Waals surface area (Å²) in [5.74, 6) is -0.298. The molecule has 2 N–H and O–H groups in total. The Labute approximate surface area is 112 Å². The largest absolute Gasteiger partial charge is 0.389 e. The molecule has 1 aromatic carbocycles. The van der Waals surface area contributed by atoms with Crippen molar-refractivity contribution in [1.29, 1.82) is 0 Å². The molecule has 0 aliphatic carbocycles. The third kappa shape index (κ3) is 2.66. The second-order valence-electron chi connectivity index (χ2n) is 3.69. The van der Waals surface area contributed by atoms with Crippen molar-refractivity contribution in [3.8, 4) is 11.3 Å². The molecule has 0 spiro atoms. The third-order valence-corrected chi connectivity index (χ3v) is 3.78. The van der Waals surface area contributed by atoms with Crippen LogP contribution in [0.4, 0.5) is 9.39 Å². The van der Waals surface area contributed by atoms with Crippen LogP contribution in [0.3, 0.4) is 0 Å². The first-order valence-electron chi connectivity index (χ1n) is 5.32. The molecule has 0 aliphatic heterocycles. The summed E-state index contributed by atoms with van der Waals surface area (Å²) in [5.41, 5.74) is 6.90. The first-order chi connectivity index (χ1) is 8.11. The second-order valence-corrected chi connectivity index (χ2v) is 5.73. The fourth-order valence-corrected chi connectivity index (χ4v) is 2.88. The lowest BCUT2D eigenvalue weighted by Gasteiger charge is -2.01. The zero-order chi connectivity index (χ0) is 12.4. The number of rotatable bonds is 3. The van der Waals surface area contributed by atoms with Crippen LogP contribution in [-0.4, -0.2) is 4.98 Å². The van der Waals surface area contributed by atoms with Crippen molar-refractivity contribution in [3.63, 3.8) is 0 Å². The maximum Gasteiger partial charge on any atom is 0.132 e. The van der Waals surface area contributed by atoms with Crippen molar-refractivity contribution in [2.75, 3.05) is 5.73 Å². The Hall–Kier alpha value is -0.940. The van der Waals surface area contributed by atoms with Gasteiger partial charge in [-0.15, -0.1) is 11.3 Å². The fraction of sp³-hybridized carbons (Fsp3) is 0.250. The number of hydrogen-bond donors (Lipinski definition) is 1. The molecular formula is C12H12BrFN2S. The van der Waals surface area contributed by atoms with Crippen LogP contribution in [0.15, 0.2) is 22.7 Å². The highest BCUT2D eigenvalue weighted by Gasteiger charge is 2.14. The number of aryl methyl sites for hydroxylation is 1. The van der Waals surface area contributed by atoms with Crippen molar-refractivity contribution < 1.29 is 4.39 Å². The topological polar surface area (TPSA) is 38.9 Å². The van der Waals surface area contributed by atoms with E-state index in [0.717, 1.165) is 22.3 Å². The van der Waals surface area contributed by atoms with Gasteiger partial charge in [-0.2, -0.15) is 0 Å². The summed E-state index contributed by atoms with van der Waals surface area (Å²) in [6.45, 7) is 2.08. The first kappa shape index (κ1) is 12.5. The van der Waals surface area contributed by atoms with Gasteiger partial charge in [0.25, 0.3) is 0 Å². The standard InChI is InChI=1S/C12H12BrFN2S/c1-2-3-10-16-11(12(15)17-10)8-6-7(13)4-5-9(8)14/h4-6H,2-3,15H2,1H3. The van der Waals surface area contributed by atoms with Crippen molar-refractivity contribution in [1.82, 2.24) is 4.98 Å². The number of nitrogens with two attached hydrogens (primary N) is 1. The van der Waals surface area contributed by atoms with Crippen LogP contribution in [-0.2, 0) is 6.42 Å². The Kier molecular flexibility index (Phi) is 3.79. The van der Waals surface area contributed by atoms with Gasteiger partial charge < -0.3 is 5.73 Å². The minimum absolute atomic E-state index is 0.298. The molecule has 2 rings (SSSR count). The molecule has 0 unspecified atom stereocenters. The second kappa shape index (κ2) is 5.14. The summed E-state index contributed by atoms with van der Waals surface area (Å²) in [6, 6.07) is 4.78. The van der Waals surface area contributed by atoms with E-state index in [2.05, 4.69) is 27.8 Å². The SMILES string of the molecule is CCCc1nc(-c2cc(Br)ccc2F)c(N)s1. The molecule has 1 heterocycles. The van der Waals surface area contributed by atoms with Gasteiger partial charge in [0, 0.05) is 10.0 Å². The Morgan fingerprint density at radius 3 is 2.94 bits per heavy atom. The Bertz CT molecular complexity index is 539. The van der Waals surface area contributed by atoms with Gasteiger partial charge in [-0.05, 0) is 31.0 Å². The molecule has 0 saturated heterocycles. The highest BCUT2D eigenvalue weighted by atomic mass is 79.9. The molecule has 0 amide bonds. The fourth-order valence-electron chi connectivity index (χ4n) is 1.57. The zero-order valence-electron chi connectivity index (χ0n) is 9.34. The molecule has 0 radical (unpaired) electrons. The van der Waals surface area contributed by atoms with Crippen LogP contribution < -0.4 is 5.73 Å². The van der Waals surface area contributed by atoms with Crippen molar-refractivity contribution in [2.24, 2.45) is 0 Å². The smallest absolute Gasteiger partial charge is 0.132 e. The van der Waals surface area contributed by atoms with E-state index in [9.17, 15) is 4.39 Å². The van der Waals surface area contributed by atoms with E-state index >= 15 is 0 Å². The Morgan fingerprint density at radius 2 is 2.24 bits per heavy atom. The molecule has 1 aromatic heterocycles. The average molecular weight is 315 g/mol. The molecule has 0 fully saturated rings. The molecule has 0 aliphatic rings. The average Bonchev–Trinajstić information content (AvgIpc) is 2.64. The van der Waals surface area contributed by atoms with E-state index in [1.807, 2.05) is 0 Å². The number of aromatic nitrogens is 1. The summed E-state index contributed by atoms with van der Waals surface area (Å²) < 4.78 is 14.5. The minimum Gasteiger partial charge on any atom is -0.389 e. The normalized spacial score (nSPS) is 10.8. The summed E-state index contributed by atoms with van der Waals surface area (Å²) in [5, 5.41) is 1.53. The van der Waals surface area contributed by atoms with Crippen molar-refractivity contribution >= 4 is 32.3 Å². The summed E-state index contributed by atoms with van der Waals surface area (Å²) >= 11 is 4.76. The lowest BCUT2D eigenvalue weighted by Crippen LogP contribution is -1.90. The number of benzene rings is 1. The minimum atomic E-state index is -0.298. The van der Waals surface area contributed by atoms with E-state index in [0.29, 0.717) is 16.3 Å². The maximum atomic E-state index is 13.7. The lowest BCUT2D eigenvalue weighted by atomic mass is 10.1. The van der Waals surface area contributed by atoms with Gasteiger partial charge in [-0.3, -0.25) is 0 Å². The third-order valence-electron chi connectivity index (χ3n) is 2.35. The summed E-state index contributed by atoms with van der Waals surface area (Å²) in [4.78, 5) is 4.40. The number of nitrogen functional groups attached to an aromatic ring is 1. The van der Waals surface area contributed by atoms with Gasteiger partial charge in [-0.25, -0.2) is 9.37 Å². The predicted octanol–water partition coefficient (Wildman–Crippen LogP) is 4.25. The monoisotopic (exact) mass is 314 g/mol. The molecule has 2 aromatic rings. The van der Waals surface area contributed by atoms with E-state index in [-0.39, 0.29) is 5.82 Å². The molecule has 2 nitrogen and oxygen atoms in total. The Morgan fingerprint density at radius 1 is 1.47 bits per heavy atom. The van der Waals surface area contributed by atoms with Crippen LogP contribution in [0.2, 0.25) is 0 Å². The molecule has 0 atom stereocenters. The van der Waals surface area contributed by atoms with Crippen LogP contribution in [0, 0.1) is 5.82 Å². The number of nitrogens with zero attached hydrogens (tertiary/aromatic N) is 1. The van der Waals surface area contributed by atoms with Crippen LogP contribution >= 0.6 is 27.3 Å². The number of halogens is 2. The van der Waals surface area contributed by atoms with Gasteiger partial charge in [-0.1, -0.05) is 22.9 Å². The van der Waals surface area contributed by atoms with Gasteiger partial charge in [0.15, 0.2) is 0 Å². The molecule has 0 bridgehead atoms. The molecular weight excluding hydrogens is 303 g/mol. The van der Waals surface area contributed by atoms with E-state index in [1.165, 1.54) is 17.4 Å². The van der Waals surface area contributed by atoms with Gasteiger partial charge >= 0.3 is 0 Å². The van der Waals surface area contributed by atoms with Crippen LogP contribution in [0.5, 0.6) is 0 Å². The van der Waals surface area contributed by atoms with Crippen LogP contribution in [0.25, 0.3) is 11.3 Å². The quantitative estimate of drug-likeness (QED) is 0.920. The summed E-state index contributed by atoms with van der Waals surface area (Å²) in [7, 11) is 0. The highest BCUT2D eigenvalue weighted by molar-refractivity contribution is 9.10. The number of thiazole rings is 1. The number of anilines is 1. The van der Waals surface area contributed by atoms with Gasteiger partial charge in [0.2, 0.25) is 0 Å². The van der Waals surface area contributed by atoms with E-state index in [1.54, 1.807) is 12.1 Å². The van der Waals surface area contributed by atoms with Crippen molar-refractivity contribution in [3.05, 3.63) is 33.5 Å². The van der Waals surface area contributed by atoms with Gasteiger partial charge in [0.05, 0.1) is 5.01 Å². The number of hydrogen-bond acceptors (Lipinski definition) is 3. The molecule has 0 saturated carbocycles. The van der Waals surface area contributed by atoms with Crippen LogP contribution in [0.1, 0.15) is 18.4 Å². The highest BCUT2D eigenvalue weighted by Crippen LogP contribution is 2.34. The Balaban J connectivity index is 2.48.